The number of Topliss-reactive ketones (excluding diaryl/α,β-unsaturated/α-hetero) is 1. The van der Waals surface area contributed by atoms with Gasteiger partial charge in [0.2, 0.25) is 5.91 Å². The molecule has 1 aliphatic rings. The predicted octanol–water partition coefficient (Wildman–Crippen LogP) is 4.41. The van der Waals surface area contributed by atoms with Crippen LogP contribution >= 0.6 is 0 Å². The highest BCUT2D eigenvalue weighted by Gasteiger charge is 2.28. The molecule has 29 heavy (non-hydrogen) atoms. The normalized spacial score (nSPS) is 15.8. The van der Waals surface area contributed by atoms with Crippen molar-refractivity contribution in [2.24, 2.45) is 11.7 Å². The average Bonchev–Trinajstić information content (AvgIpc) is 2.64. The Bertz CT molecular complexity index is 546. The van der Waals surface area contributed by atoms with Crippen LogP contribution < -0.4 is 5.73 Å². The van der Waals surface area contributed by atoms with E-state index in [1.165, 1.54) is 25.0 Å². The number of amides is 1. The highest BCUT2D eigenvalue weighted by Crippen LogP contribution is 2.19. The molecule has 1 heterocycles. The molecule has 1 fully saturated rings. The Hall–Kier alpha value is -1.72. The molecular weight excluding hydrogens is 362 g/mol. The Morgan fingerprint density at radius 1 is 1.10 bits per heavy atom. The number of benzene rings is 1. The second-order valence-electron chi connectivity index (χ2n) is 8.09. The monoisotopic (exact) mass is 407 g/mol. The Labute approximate surface area is 179 Å². The topological polar surface area (TPSA) is 66.6 Å². The number of nitrogens with zero attached hydrogens (tertiary/aromatic N) is 2. The summed E-state index contributed by atoms with van der Waals surface area (Å²) in [5.41, 5.74) is 7.76. The average molecular weight is 408 g/mol. The lowest BCUT2D eigenvalue weighted by molar-refractivity contribution is -0.137. The number of aryl methyl sites for hydroxylation is 2. The lowest BCUT2D eigenvalue weighted by atomic mass is 9.97. The fourth-order valence-corrected chi connectivity index (χ4v) is 2.63. The van der Waals surface area contributed by atoms with Crippen LogP contribution in [-0.2, 0) is 9.59 Å². The summed E-state index contributed by atoms with van der Waals surface area (Å²) in [5, 5.41) is 0. The molecule has 0 unspecified atom stereocenters. The fraction of sp³-hybridized carbons (Fsp3) is 0.667. The summed E-state index contributed by atoms with van der Waals surface area (Å²) in [7, 11) is 2.06. The van der Waals surface area contributed by atoms with Gasteiger partial charge >= 0.3 is 0 Å². The molecule has 0 spiro atoms. The number of hydrogen-bond acceptors (Lipinski definition) is 4. The SMILES string of the molecule is CC(=O)N1CN(C)CC[C@H]1C(C)C.CC(C)=O.CCCN.Cc1ccccc1C. The largest absolute Gasteiger partial charge is 0.330 e. The van der Waals surface area contributed by atoms with Crippen LogP contribution in [0.2, 0.25) is 0 Å². The van der Waals surface area contributed by atoms with Gasteiger partial charge in [-0.3, -0.25) is 9.69 Å². The van der Waals surface area contributed by atoms with Crippen LogP contribution in [0, 0.1) is 19.8 Å². The summed E-state index contributed by atoms with van der Waals surface area (Å²) < 4.78 is 0. The molecule has 0 aromatic heterocycles. The third-order valence-electron chi connectivity index (χ3n) is 4.49. The molecule has 0 saturated carbocycles. The predicted molar refractivity (Wildman–Crippen MR) is 125 cm³/mol. The highest BCUT2D eigenvalue weighted by atomic mass is 16.2. The Morgan fingerprint density at radius 3 is 1.79 bits per heavy atom. The fourth-order valence-electron chi connectivity index (χ4n) is 2.63. The second-order valence-corrected chi connectivity index (χ2v) is 8.09. The van der Waals surface area contributed by atoms with Crippen LogP contribution in [0.1, 0.15) is 65.5 Å². The molecule has 0 aliphatic carbocycles. The number of carbonyl (C=O) groups excluding carboxylic acids is 2. The first-order chi connectivity index (χ1) is 13.5. The minimum atomic E-state index is 0.167. The molecule has 0 radical (unpaired) electrons. The number of rotatable bonds is 2. The summed E-state index contributed by atoms with van der Waals surface area (Å²) in [5.74, 6) is 0.933. The maximum atomic E-state index is 11.4. The minimum Gasteiger partial charge on any atom is -0.330 e. The van der Waals surface area contributed by atoms with E-state index in [-0.39, 0.29) is 11.7 Å². The van der Waals surface area contributed by atoms with E-state index >= 15 is 0 Å². The van der Waals surface area contributed by atoms with E-state index in [9.17, 15) is 9.59 Å². The molecule has 2 N–H and O–H groups in total. The van der Waals surface area contributed by atoms with Gasteiger partial charge in [0.15, 0.2) is 0 Å². The number of ketones is 1. The number of hydrogen-bond donors (Lipinski definition) is 1. The zero-order valence-corrected chi connectivity index (χ0v) is 20.3. The van der Waals surface area contributed by atoms with Gasteiger partial charge in [0.05, 0.1) is 6.67 Å². The minimum absolute atomic E-state index is 0.167. The molecule has 1 saturated heterocycles. The van der Waals surface area contributed by atoms with Crippen molar-refractivity contribution in [3.05, 3.63) is 35.4 Å². The maximum absolute atomic E-state index is 11.4. The Morgan fingerprint density at radius 2 is 1.52 bits per heavy atom. The highest BCUT2D eigenvalue weighted by molar-refractivity contribution is 5.73. The third kappa shape index (κ3) is 15.8. The smallest absolute Gasteiger partial charge is 0.220 e. The van der Waals surface area contributed by atoms with Gasteiger partial charge in [-0.15, -0.1) is 0 Å². The Kier molecular flexibility index (Phi) is 17.4. The van der Waals surface area contributed by atoms with Crippen molar-refractivity contribution in [3.63, 3.8) is 0 Å². The maximum Gasteiger partial charge on any atom is 0.220 e. The molecule has 0 bridgehead atoms. The second kappa shape index (κ2) is 17.2. The lowest BCUT2D eigenvalue weighted by Gasteiger charge is -2.41. The van der Waals surface area contributed by atoms with E-state index in [1.807, 2.05) is 4.90 Å². The van der Waals surface area contributed by atoms with Crippen LogP contribution in [0.25, 0.3) is 0 Å². The molecular formula is C24H45N3O2. The van der Waals surface area contributed by atoms with Crippen molar-refractivity contribution in [2.75, 3.05) is 26.8 Å². The van der Waals surface area contributed by atoms with Crippen molar-refractivity contribution >= 4 is 11.7 Å². The number of nitrogens with two attached hydrogens (primary N) is 1. The van der Waals surface area contributed by atoms with Gasteiger partial charge in [-0.05, 0) is 71.2 Å². The van der Waals surface area contributed by atoms with Crippen molar-refractivity contribution in [1.29, 1.82) is 0 Å². The van der Waals surface area contributed by atoms with E-state index in [0.717, 1.165) is 32.6 Å². The molecule has 5 heteroatoms. The lowest BCUT2D eigenvalue weighted by Crippen LogP contribution is -2.52. The quantitative estimate of drug-likeness (QED) is 0.789. The molecule has 168 valence electrons. The molecule has 1 aromatic carbocycles. The molecule has 1 amide bonds. The summed E-state index contributed by atoms with van der Waals surface area (Å²) in [6.45, 7) is 18.1. The first-order valence-corrected chi connectivity index (χ1v) is 10.6. The third-order valence-corrected chi connectivity index (χ3v) is 4.49. The molecule has 1 atom stereocenters. The van der Waals surface area contributed by atoms with E-state index in [2.05, 4.69) is 70.8 Å². The van der Waals surface area contributed by atoms with Crippen molar-refractivity contribution in [3.8, 4) is 0 Å². The summed E-state index contributed by atoms with van der Waals surface area (Å²) in [6.07, 6.45) is 2.20. The van der Waals surface area contributed by atoms with Gasteiger partial charge in [-0.1, -0.05) is 45.0 Å². The van der Waals surface area contributed by atoms with Crippen molar-refractivity contribution in [1.82, 2.24) is 9.80 Å². The van der Waals surface area contributed by atoms with E-state index in [1.54, 1.807) is 6.92 Å². The zero-order chi connectivity index (χ0) is 23.0. The Balaban J connectivity index is 0. The van der Waals surface area contributed by atoms with Crippen molar-refractivity contribution < 1.29 is 9.59 Å². The molecule has 1 aliphatic heterocycles. The zero-order valence-electron chi connectivity index (χ0n) is 20.3. The van der Waals surface area contributed by atoms with E-state index in [4.69, 9.17) is 5.73 Å². The van der Waals surface area contributed by atoms with Crippen LogP contribution in [0.15, 0.2) is 24.3 Å². The summed E-state index contributed by atoms with van der Waals surface area (Å²) >= 11 is 0. The first-order valence-electron chi connectivity index (χ1n) is 10.6. The summed E-state index contributed by atoms with van der Waals surface area (Å²) in [6, 6.07) is 8.80. The van der Waals surface area contributed by atoms with Gasteiger partial charge in [-0.25, -0.2) is 0 Å². The molecule has 2 rings (SSSR count). The van der Waals surface area contributed by atoms with Gasteiger partial charge in [-0.2, -0.15) is 0 Å². The van der Waals surface area contributed by atoms with Crippen LogP contribution in [-0.4, -0.2) is 54.3 Å². The summed E-state index contributed by atoms with van der Waals surface area (Å²) in [4.78, 5) is 25.0. The van der Waals surface area contributed by atoms with Gasteiger partial charge in [0.1, 0.15) is 5.78 Å². The van der Waals surface area contributed by atoms with Crippen molar-refractivity contribution in [2.45, 2.75) is 74.3 Å². The van der Waals surface area contributed by atoms with E-state index < -0.39 is 0 Å². The van der Waals surface area contributed by atoms with Gasteiger partial charge < -0.3 is 15.4 Å². The first kappa shape index (κ1) is 29.5. The number of carbonyl (C=O) groups is 2. The van der Waals surface area contributed by atoms with Crippen LogP contribution in [0.4, 0.5) is 0 Å². The molecule has 1 aromatic rings. The van der Waals surface area contributed by atoms with Gasteiger partial charge in [0.25, 0.3) is 0 Å². The standard InChI is InChI=1S/C10H20N2O.C8H10.C3H9N.C3H6O/c1-8(2)10-5-6-11(4)7-12(10)9(3)13;1-7-5-3-4-6-8(7)2;1-2-3-4;1-3(2)4/h8,10H,5-7H2,1-4H3;3-6H,1-2H3;2-4H2,1H3;1-2H3/t10-;;;/m0.../s1. The van der Waals surface area contributed by atoms with Crippen LogP contribution in [0.3, 0.4) is 0 Å². The van der Waals surface area contributed by atoms with Crippen LogP contribution in [0.5, 0.6) is 0 Å². The van der Waals surface area contributed by atoms with Gasteiger partial charge in [0, 0.05) is 19.5 Å². The molecule has 5 nitrogen and oxygen atoms in total. The van der Waals surface area contributed by atoms with E-state index in [0.29, 0.717) is 12.0 Å².